The number of anilines is 1. The second kappa shape index (κ2) is 13.4. The van der Waals surface area contributed by atoms with Gasteiger partial charge in [-0.15, -0.1) is 4.91 Å². The molecular weight excluding hydrogens is 500 g/mol. The lowest BCUT2D eigenvalue weighted by Gasteiger charge is -2.31. The van der Waals surface area contributed by atoms with Crippen LogP contribution in [0.2, 0.25) is 0 Å². The number of sulfonamides is 1. The Hall–Kier alpha value is -3.22. The van der Waals surface area contributed by atoms with Crippen molar-refractivity contribution in [2.75, 3.05) is 32.0 Å². The minimum atomic E-state index is -3.99. The van der Waals surface area contributed by atoms with Crippen molar-refractivity contribution < 1.29 is 27.5 Å². The molecule has 2 aromatic carbocycles. The van der Waals surface area contributed by atoms with E-state index >= 15 is 0 Å². The molecule has 11 nitrogen and oxygen atoms in total. The molecule has 0 radical (unpaired) electrons. The summed E-state index contributed by atoms with van der Waals surface area (Å²) in [5, 5.41) is 5.36. The van der Waals surface area contributed by atoms with Gasteiger partial charge in [0.15, 0.2) is 11.4 Å². The molecule has 0 saturated carbocycles. The van der Waals surface area contributed by atoms with Crippen molar-refractivity contribution in [3.63, 3.8) is 0 Å². The van der Waals surface area contributed by atoms with E-state index in [0.717, 1.165) is 5.56 Å². The fourth-order valence-electron chi connectivity index (χ4n) is 4.04. The number of nitrogens with zero attached hydrogens (tertiary/aromatic N) is 2. The van der Waals surface area contributed by atoms with Crippen LogP contribution in [0.5, 0.6) is 0 Å². The van der Waals surface area contributed by atoms with Gasteiger partial charge in [-0.1, -0.05) is 44.2 Å². The van der Waals surface area contributed by atoms with Crippen LogP contribution in [0.1, 0.15) is 25.8 Å². The van der Waals surface area contributed by atoms with Gasteiger partial charge in [-0.2, -0.15) is 4.31 Å². The average molecular weight is 535 g/mol. The van der Waals surface area contributed by atoms with E-state index in [2.05, 4.69) is 10.7 Å². The Morgan fingerprint density at radius 2 is 1.86 bits per heavy atom. The molecule has 1 fully saturated rings. The van der Waals surface area contributed by atoms with E-state index < -0.39 is 28.3 Å². The number of hydrogen-bond acceptors (Lipinski definition) is 9. The topological polar surface area (TPSA) is 150 Å². The van der Waals surface area contributed by atoms with E-state index in [9.17, 15) is 18.1 Å². The lowest BCUT2D eigenvalue weighted by Crippen LogP contribution is -2.52. The van der Waals surface area contributed by atoms with Crippen LogP contribution < -0.4 is 11.1 Å². The molecule has 0 spiro atoms. The molecular formula is C25H34N4O7S. The van der Waals surface area contributed by atoms with Gasteiger partial charge in [0.2, 0.25) is 10.0 Å². The second-order valence-electron chi connectivity index (χ2n) is 9.33. The molecule has 3 atom stereocenters. The Labute approximate surface area is 217 Å². The van der Waals surface area contributed by atoms with E-state index in [4.69, 9.17) is 20.0 Å². The molecule has 1 saturated heterocycles. The highest BCUT2D eigenvalue weighted by Crippen LogP contribution is 2.21. The van der Waals surface area contributed by atoms with E-state index in [0.29, 0.717) is 25.3 Å². The number of nitrogens with two attached hydrogens (primary N) is 1. The molecule has 1 amide bonds. The van der Waals surface area contributed by atoms with Crippen molar-refractivity contribution in [2.45, 2.75) is 49.8 Å². The number of benzene rings is 2. The standard InChI is InChI=1S/C25H34N4O7S/c1-18(2)15-29(37(32,33)22-10-8-20(26)9-11-22)16-24(36-28-31)23(14-19-6-4-3-5-7-19)27-25(30)35-21-12-13-34-17-21/h3-11,18,21,23-24H,12-17,26H2,1-2H3,(H,27,30)/t21-,23-,24+/m0/s1. The lowest BCUT2D eigenvalue weighted by atomic mass is 10.0. The molecule has 1 aliphatic rings. The Morgan fingerprint density at radius 3 is 2.46 bits per heavy atom. The Balaban J connectivity index is 1.88. The van der Waals surface area contributed by atoms with Crippen LogP contribution in [0, 0.1) is 10.8 Å². The summed E-state index contributed by atoms with van der Waals surface area (Å²) < 4.78 is 39.0. The first-order valence-electron chi connectivity index (χ1n) is 12.1. The normalized spacial score (nSPS) is 17.4. The van der Waals surface area contributed by atoms with Crippen LogP contribution in [0.3, 0.4) is 0 Å². The van der Waals surface area contributed by atoms with E-state index in [-0.39, 0.29) is 36.4 Å². The lowest BCUT2D eigenvalue weighted by molar-refractivity contribution is 0.0109. The highest BCUT2D eigenvalue weighted by molar-refractivity contribution is 7.89. The Bertz CT molecular complexity index is 1110. The third-order valence-corrected chi connectivity index (χ3v) is 7.71. The van der Waals surface area contributed by atoms with E-state index in [1.54, 1.807) is 0 Å². The number of carbonyl (C=O) groups excluding carboxylic acids is 1. The number of hydrogen-bond donors (Lipinski definition) is 2. The van der Waals surface area contributed by atoms with Crippen LogP contribution >= 0.6 is 0 Å². The van der Waals surface area contributed by atoms with Crippen LogP contribution in [0.15, 0.2) is 64.8 Å². The predicted octanol–water partition coefficient (Wildman–Crippen LogP) is 3.11. The van der Waals surface area contributed by atoms with Crippen molar-refractivity contribution >= 4 is 21.8 Å². The SMILES string of the molecule is CC(C)CN(C[C@@H](ON=O)[C@H](Cc1ccccc1)NC(=O)O[C@H]1CCOC1)S(=O)(=O)c1ccc(N)cc1. The van der Waals surface area contributed by atoms with Gasteiger partial charge in [0.25, 0.3) is 0 Å². The molecule has 3 rings (SSSR count). The quantitative estimate of drug-likeness (QED) is 0.226. The number of amides is 1. The molecule has 1 aliphatic heterocycles. The van der Waals surface area contributed by atoms with Gasteiger partial charge in [-0.3, -0.25) is 0 Å². The van der Waals surface area contributed by atoms with Gasteiger partial charge in [-0.05, 0) is 42.2 Å². The monoisotopic (exact) mass is 534 g/mol. The summed E-state index contributed by atoms with van der Waals surface area (Å²) in [5.41, 5.74) is 7.00. The largest absolute Gasteiger partial charge is 0.444 e. The smallest absolute Gasteiger partial charge is 0.407 e. The van der Waals surface area contributed by atoms with Crippen molar-refractivity contribution in [3.05, 3.63) is 65.1 Å². The fraction of sp³-hybridized carbons (Fsp3) is 0.480. The molecule has 0 bridgehead atoms. The number of ether oxygens (including phenoxy) is 2. The molecule has 3 N–H and O–H groups in total. The van der Waals surface area contributed by atoms with Gasteiger partial charge >= 0.3 is 6.09 Å². The van der Waals surface area contributed by atoms with Gasteiger partial charge in [-0.25, -0.2) is 13.2 Å². The molecule has 0 aliphatic carbocycles. The summed E-state index contributed by atoms with van der Waals surface area (Å²) in [6, 6.07) is 14.3. The Kier molecular flexibility index (Phi) is 10.2. The highest BCUT2D eigenvalue weighted by atomic mass is 32.2. The molecule has 12 heteroatoms. The van der Waals surface area contributed by atoms with Gasteiger partial charge in [0.05, 0.1) is 30.7 Å². The maximum atomic E-state index is 13.5. The summed E-state index contributed by atoms with van der Waals surface area (Å²) >= 11 is 0. The summed E-state index contributed by atoms with van der Waals surface area (Å²) in [5.74, 6) is -0.0405. The Morgan fingerprint density at radius 1 is 1.16 bits per heavy atom. The first kappa shape index (κ1) is 28.4. The molecule has 0 aromatic heterocycles. The number of nitrogen functional groups attached to an aromatic ring is 1. The third kappa shape index (κ3) is 8.41. The van der Waals surface area contributed by atoms with Crippen molar-refractivity contribution in [3.8, 4) is 0 Å². The number of carbonyl (C=O) groups is 1. The summed E-state index contributed by atoms with van der Waals surface area (Å²) in [6.07, 6.45) is -1.38. The van der Waals surface area contributed by atoms with Gasteiger partial charge < -0.3 is 25.4 Å². The maximum Gasteiger partial charge on any atom is 0.407 e. The van der Waals surface area contributed by atoms with Crippen molar-refractivity contribution in [1.82, 2.24) is 9.62 Å². The van der Waals surface area contributed by atoms with Crippen LogP contribution in [0.25, 0.3) is 0 Å². The first-order valence-corrected chi connectivity index (χ1v) is 13.6. The molecule has 202 valence electrons. The number of alkyl carbamates (subject to hydrolysis) is 1. The summed E-state index contributed by atoms with van der Waals surface area (Å²) in [7, 11) is -3.99. The van der Waals surface area contributed by atoms with E-state index in [1.807, 2.05) is 44.2 Å². The minimum Gasteiger partial charge on any atom is -0.444 e. The van der Waals surface area contributed by atoms with Crippen LogP contribution in [-0.2, 0) is 30.8 Å². The zero-order chi connectivity index (χ0) is 26.8. The summed E-state index contributed by atoms with van der Waals surface area (Å²) in [6.45, 7) is 4.46. The molecule has 2 aromatic rings. The van der Waals surface area contributed by atoms with Crippen LogP contribution in [0.4, 0.5) is 10.5 Å². The number of rotatable bonds is 13. The highest BCUT2D eigenvalue weighted by Gasteiger charge is 2.35. The predicted molar refractivity (Wildman–Crippen MR) is 138 cm³/mol. The third-order valence-electron chi connectivity index (χ3n) is 5.86. The zero-order valence-electron chi connectivity index (χ0n) is 21.0. The molecule has 1 heterocycles. The summed E-state index contributed by atoms with van der Waals surface area (Å²) in [4.78, 5) is 29.2. The van der Waals surface area contributed by atoms with Crippen molar-refractivity contribution in [2.24, 2.45) is 11.3 Å². The van der Waals surface area contributed by atoms with Gasteiger partial charge in [0, 0.05) is 18.7 Å². The van der Waals surface area contributed by atoms with E-state index in [1.165, 1.54) is 28.6 Å². The number of nitrogens with one attached hydrogen (secondary N) is 1. The second-order valence-corrected chi connectivity index (χ2v) is 11.3. The fourth-order valence-corrected chi connectivity index (χ4v) is 5.66. The minimum absolute atomic E-state index is 0.0405. The zero-order valence-corrected chi connectivity index (χ0v) is 21.8. The van der Waals surface area contributed by atoms with Crippen LogP contribution in [-0.4, -0.2) is 63.4 Å². The maximum absolute atomic E-state index is 13.5. The first-order chi connectivity index (χ1) is 17.7. The van der Waals surface area contributed by atoms with Crippen molar-refractivity contribution in [1.29, 1.82) is 0 Å². The molecule has 37 heavy (non-hydrogen) atoms. The molecule has 0 unspecified atom stereocenters. The average Bonchev–Trinajstić information content (AvgIpc) is 3.36. The van der Waals surface area contributed by atoms with Gasteiger partial charge in [0.1, 0.15) is 6.10 Å².